The van der Waals surface area contributed by atoms with Gasteiger partial charge in [0.25, 0.3) is 0 Å². The van der Waals surface area contributed by atoms with Gasteiger partial charge < -0.3 is 9.14 Å². The minimum Gasteiger partial charge on any atom is -0.462 e. The molecule has 0 aliphatic heterocycles. The molecule has 0 saturated carbocycles. The largest absolute Gasteiger partial charge is 0.462 e. The van der Waals surface area contributed by atoms with Gasteiger partial charge in [0, 0.05) is 18.6 Å². The molecule has 0 amide bonds. The molecule has 0 unspecified atom stereocenters. The van der Waals surface area contributed by atoms with Crippen LogP contribution in [0.4, 0.5) is 0 Å². The predicted molar refractivity (Wildman–Crippen MR) is 87.2 cm³/mol. The number of carbonyl (C=O) groups excluding carboxylic acids is 1. The molecule has 0 aliphatic rings. The van der Waals surface area contributed by atoms with E-state index in [-0.39, 0.29) is 5.97 Å². The van der Waals surface area contributed by atoms with Crippen molar-refractivity contribution < 1.29 is 9.53 Å². The maximum Gasteiger partial charge on any atom is 0.341 e. The monoisotopic (exact) mass is 310 g/mol. The van der Waals surface area contributed by atoms with Crippen LogP contribution < -0.4 is 0 Å². The van der Waals surface area contributed by atoms with Crippen LogP contribution in [0.5, 0.6) is 0 Å². The summed E-state index contributed by atoms with van der Waals surface area (Å²) in [5.41, 5.74) is 4.25. The van der Waals surface area contributed by atoms with Crippen LogP contribution >= 0.6 is 0 Å². The Morgan fingerprint density at radius 2 is 2.09 bits per heavy atom. The lowest BCUT2D eigenvalue weighted by Crippen LogP contribution is -2.04. The summed E-state index contributed by atoms with van der Waals surface area (Å²) in [5, 5.41) is 4.18. The van der Waals surface area contributed by atoms with Gasteiger partial charge in [-0.1, -0.05) is 6.58 Å². The number of aromatic nitrogens is 4. The molecule has 3 aromatic heterocycles. The fraction of sp³-hybridized carbons (Fsp3) is 0.235. The molecule has 0 bridgehead atoms. The smallest absolute Gasteiger partial charge is 0.341 e. The van der Waals surface area contributed by atoms with Crippen molar-refractivity contribution in [2.75, 3.05) is 6.61 Å². The zero-order valence-corrected chi connectivity index (χ0v) is 13.2. The van der Waals surface area contributed by atoms with Crippen molar-refractivity contribution in [3.8, 4) is 0 Å². The van der Waals surface area contributed by atoms with Crippen LogP contribution in [0, 0.1) is 0 Å². The molecule has 118 valence electrons. The lowest BCUT2D eigenvalue weighted by Gasteiger charge is -1.99. The number of imidazole rings is 1. The average Bonchev–Trinajstić information content (AvgIpc) is 3.13. The van der Waals surface area contributed by atoms with E-state index < -0.39 is 0 Å². The Morgan fingerprint density at radius 3 is 2.83 bits per heavy atom. The summed E-state index contributed by atoms with van der Waals surface area (Å²) in [6.45, 7) is 8.54. The summed E-state index contributed by atoms with van der Waals surface area (Å²) in [7, 11) is 0. The molecule has 0 fully saturated rings. The van der Waals surface area contributed by atoms with Crippen LogP contribution in [0.15, 0.2) is 43.5 Å². The van der Waals surface area contributed by atoms with E-state index in [1.807, 2.05) is 35.9 Å². The van der Waals surface area contributed by atoms with Gasteiger partial charge in [-0.05, 0) is 37.1 Å². The van der Waals surface area contributed by atoms with Gasteiger partial charge in [-0.3, -0.25) is 4.68 Å². The topological polar surface area (TPSA) is 61.4 Å². The zero-order chi connectivity index (χ0) is 16.4. The number of hydrogen-bond donors (Lipinski definition) is 0. The molecule has 0 spiro atoms. The van der Waals surface area contributed by atoms with Gasteiger partial charge in [-0.2, -0.15) is 5.10 Å². The van der Waals surface area contributed by atoms with E-state index in [1.165, 1.54) is 6.20 Å². The Hall–Kier alpha value is -2.89. The van der Waals surface area contributed by atoms with E-state index in [0.29, 0.717) is 18.7 Å². The molecule has 3 heterocycles. The number of fused-ring (bicyclic) bond motifs is 1. The zero-order valence-electron chi connectivity index (χ0n) is 13.2. The standard InChI is InChI=1S/C17H18N4O2/c1-4-23-17(22)14-7-18-21(9-14)11-15-10-20-8-13(12(2)3)5-6-16(20)19-15/h5-10H,2,4,11H2,1,3H3. The fourth-order valence-corrected chi connectivity index (χ4v) is 2.31. The molecule has 6 nitrogen and oxygen atoms in total. The van der Waals surface area contributed by atoms with Crippen molar-refractivity contribution in [1.82, 2.24) is 19.2 Å². The van der Waals surface area contributed by atoms with Crippen LogP contribution in [0.25, 0.3) is 11.2 Å². The lowest BCUT2D eigenvalue weighted by molar-refractivity contribution is 0.0526. The first-order valence-corrected chi connectivity index (χ1v) is 7.40. The summed E-state index contributed by atoms with van der Waals surface area (Å²) in [5.74, 6) is -0.361. The van der Waals surface area contributed by atoms with Crippen molar-refractivity contribution in [2.24, 2.45) is 0 Å². The van der Waals surface area contributed by atoms with Crippen LogP contribution in [-0.4, -0.2) is 31.7 Å². The first kappa shape index (κ1) is 15.0. The van der Waals surface area contributed by atoms with Crippen molar-refractivity contribution in [3.05, 3.63) is 60.3 Å². The first-order valence-electron chi connectivity index (χ1n) is 7.40. The first-order chi connectivity index (χ1) is 11.1. The summed E-state index contributed by atoms with van der Waals surface area (Å²) in [6, 6.07) is 3.96. The van der Waals surface area contributed by atoms with Gasteiger partial charge in [0.15, 0.2) is 0 Å². The predicted octanol–water partition coefficient (Wildman–Crippen LogP) is 2.79. The molecule has 0 N–H and O–H groups in total. The highest BCUT2D eigenvalue weighted by Crippen LogP contribution is 2.14. The fourth-order valence-electron chi connectivity index (χ4n) is 2.31. The number of nitrogens with zero attached hydrogens (tertiary/aromatic N) is 4. The second-order valence-electron chi connectivity index (χ2n) is 5.34. The van der Waals surface area contributed by atoms with Gasteiger partial charge in [-0.15, -0.1) is 0 Å². The number of pyridine rings is 1. The summed E-state index contributed by atoms with van der Waals surface area (Å²) >= 11 is 0. The third kappa shape index (κ3) is 3.15. The van der Waals surface area contributed by atoms with E-state index in [0.717, 1.165) is 22.5 Å². The van der Waals surface area contributed by atoms with E-state index in [2.05, 4.69) is 16.7 Å². The molecular formula is C17H18N4O2. The van der Waals surface area contributed by atoms with Crippen LogP contribution in [-0.2, 0) is 11.3 Å². The highest BCUT2D eigenvalue weighted by molar-refractivity contribution is 5.88. The molecule has 3 aromatic rings. The van der Waals surface area contributed by atoms with Crippen LogP contribution in [0.1, 0.15) is 35.5 Å². The number of hydrogen-bond acceptors (Lipinski definition) is 4. The van der Waals surface area contributed by atoms with E-state index in [9.17, 15) is 4.79 Å². The molecule has 6 heteroatoms. The van der Waals surface area contributed by atoms with Gasteiger partial charge in [0.05, 0.1) is 30.6 Å². The number of esters is 1. The van der Waals surface area contributed by atoms with Crippen molar-refractivity contribution >= 4 is 17.2 Å². The van der Waals surface area contributed by atoms with Crippen molar-refractivity contribution in [2.45, 2.75) is 20.4 Å². The molecule has 23 heavy (non-hydrogen) atoms. The van der Waals surface area contributed by atoms with E-state index >= 15 is 0 Å². The lowest BCUT2D eigenvalue weighted by atomic mass is 10.1. The SMILES string of the molecule is C=C(C)c1ccc2nc(Cn3cc(C(=O)OCC)cn3)cn2c1. The summed E-state index contributed by atoms with van der Waals surface area (Å²) in [4.78, 5) is 16.2. The third-order valence-corrected chi connectivity index (χ3v) is 3.46. The highest BCUT2D eigenvalue weighted by atomic mass is 16.5. The summed E-state index contributed by atoms with van der Waals surface area (Å²) < 4.78 is 8.60. The van der Waals surface area contributed by atoms with Gasteiger partial charge in [-0.25, -0.2) is 9.78 Å². The molecule has 0 aliphatic carbocycles. The Balaban J connectivity index is 1.81. The van der Waals surface area contributed by atoms with Gasteiger partial charge in [0.2, 0.25) is 0 Å². The Labute approximate surface area is 134 Å². The highest BCUT2D eigenvalue weighted by Gasteiger charge is 2.10. The van der Waals surface area contributed by atoms with Crippen LogP contribution in [0.2, 0.25) is 0 Å². The van der Waals surface area contributed by atoms with E-state index in [4.69, 9.17) is 4.74 Å². The minimum absolute atomic E-state index is 0.349. The Kier molecular flexibility index (Phi) is 3.97. The number of carbonyl (C=O) groups is 1. The molecule has 0 saturated heterocycles. The average molecular weight is 310 g/mol. The van der Waals surface area contributed by atoms with Crippen molar-refractivity contribution in [3.63, 3.8) is 0 Å². The maximum atomic E-state index is 11.6. The van der Waals surface area contributed by atoms with E-state index in [1.54, 1.807) is 17.8 Å². The second kappa shape index (κ2) is 6.08. The Bertz CT molecular complexity index is 876. The molecule has 0 atom stereocenters. The number of rotatable bonds is 5. The third-order valence-electron chi connectivity index (χ3n) is 3.46. The number of allylic oxidation sites excluding steroid dienone is 1. The normalized spacial score (nSPS) is 10.9. The molecule has 0 aromatic carbocycles. The van der Waals surface area contributed by atoms with Gasteiger partial charge in [0.1, 0.15) is 5.65 Å². The van der Waals surface area contributed by atoms with Gasteiger partial charge >= 0.3 is 5.97 Å². The molecular weight excluding hydrogens is 292 g/mol. The Morgan fingerprint density at radius 1 is 1.26 bits per heavy atom. The maximum absolute atomic E-state index is 11.6. The van der Waals surface area contributed by atoms with Crippen LogP contribution in [0.3, 0.4) is 0 Å². The molecule has 0 radical (unpaired) electrons. The minimum atomic E-state index is -0.361. The molecule has 3 rings (SSSR count). The van der Waals surface area contributed by atoms with Crippen molar-refractivity contribution in [1.29, 1.82) is 0 Å². The number of ether oxygens (including phenoxy) is 1. The quantitative estimate of drug-likeness (QED) is 0.680. The summed E-state index contributed by atoms with van der Waals surface area (Å²) in [6.07, 6.45) is 7.13. The second-order valence-corrected chi connectivity index (χ2v) is 5.34.